The minimum absolute atomic E-state index is 0.00553. The van der Waals surface area contributed by atoms with E-state index in [4.69, 9.17) is 9.47 Å². The van der Waals surface area contributed by atoms with Crippen molar-refractivity contribution in [2.45, 2.75) is 36.7 Å². The maximum absolute atomic E-state index is 14.5. The number of hydrogen-bond acceptors (Lipinski definition) is 6. The van der Waals surface area contributed by atoms with Crippen LogP contribution in [-0.2, 0) is 10.5 Å². The summed E-state index contributed by atoms with van der Waals surface area (Å²) in [6.07, 6.45) is 4.13. The molecule has 2 aliphatic heterocycles. The first-order valence-corrected chi connectivity index (χ1v) is 11.0. The number of aromatic amines is 1. The summed E-state index contributed by atoms with van der Waals surface area (Å²) in [5.41, 5.74) is -0.0778. The predicted molar refractivity (Wildman–Crippen MR) is 109 cm³/mol. The Bertz CT molecular complexity index is 858. The molecule has 1 aromatic heterocycles. The Balaban J connectivity index is 1.48. The molecule has 2 aromatic rings. The van der Waals surface area contributed by atoms with Crippen LogP contribution in [0.2, 0.25) is 0 Å². The molecule has 0 radical (unpaired) electrons. The fourth-order valence-electron chi connectivity index (χ4n) is 3.69. The third kappa shape index (κ3) is 4.85. The number of benzene rings is 1. The Morgan fingerprint density at radius 1 is 1.21 bits per heavy atom. The van der Waals surface area contributed by atoms with Crippen molar-refractivity contribution in [2.24, 2.45) is 5.92 Å². The summed E-state index contributed by atoms with van der Waals surface area (Å²) in [5, 5.41) is 3.90. The Morgan fingerprint density at radius 3 is 2.79 bits per heavy atom. The molecule has 2 saturated heterocycles. The number of aromatic nitrogens is 2. The third-order valence-electron chi connectivity index (χ3n) is 5.35. The van der Waals surface area contributed by atoms with E-state index in [2.05, 4.69) is 15.3 Å². The number of fused-ring (bicyclic) bond motifs is 1. The zero-order chi connectivity index (χ0) is 19.3. The lowest BCUT2D eigenvalue weighted by molar-refractivity contribution is 0.0497. The van der Waals surface area contributed by atoms with Crippen LogP contribution in [0.3, 0.4) is 0 Å². The molecule has 6 nitrogen and oxygen atoms in total. The number of halogens is 1. The fourth-order valence-corrected chi connectivity index (χ4v) is 4.78. The van der Waals surface area contributed by atoms with Gasteiger partial charge in [-0.15, -0.1) is 0 Å². The zero-order valence-corrected chi connectivity index (χ0v) is 16.7. The van der Waals surface area contributed by atoms with Gasteiger partial charge in [-0.1, -0.05) is 0 Å². The van der Waals surface area contributed by atoms with Crippen molar-refractivity contribution in [2.75, 3.05) is 32.9 Å². The molecule has 0 unspecified atom stereocenters. The number of rotatable bonds is 6. The van der Waals surface area contributed by atoms with E-state index in [1.54, 1.807) is 17.8 Å². The van der Waals surface area contributed by atoms with Crippen molar-refractivity contribution in [3.63, 3.8) is 0 Å². The van der Waals surface area contributed by atoms with Gasteiger partial charge in [0.25, 0.3) is 5.56 Å². The molecule has 2 fully saturated rings. The van der Waals surface area contributed by atoms with Gasteiger partial charge in [0.05, 0.1) is 17.9 Å². The standard InChI is InChI=1S/C20H26FN3O3S/c21-16-9-14(27-11-13-3-7-26-8-4-13)10-17-19(16)20(25)24-18(23-17)12-28-15-1-5-22-6-2-15/h9-10,13,15,22H,1-8,11-12H2,(H,23,24,25). The molecule has 28 heavy (non-hydrogen) atoms. The van der Waals surface area contributed by atoms with E-state index >= 15 is 0 Å². The van der Waals surface area contributed by atoms with E-state index in [0.717, 1.165) is 52.0 Å². The number of H-pyrrole nitrogens is 1. The minimum atomic E-state index is -0.592. The Labute approximate surface area is 167 Å². The van der Waals surface area contributed by atoms with Crippen LogP contribution < -0.4 is 15.6 Å². The van der Waals surface area contributed by atoms with Gasteiger partial charge in [-0.05, 0) is 44.7 Å². The van der Waals surface area contributed by atoms with Crippen LogP contribution in [0.5, 0.6) is 5.75 Å². The molecule has 0 spiro atoms. The van der Waals surface area contributed by atoms with Crippen LogP contribution >= 0.6 is 11.8 Å². The molecule has 4 rings (SSSR count). The normalized spacial score (nSPS) is 19.2. The molecule has 0 amide bonds. The van der Waals surface area contributed by atoms with Gasteiger partial charge in [-0.2, -0.15) is 11.8 Å². The van der Waals surface area contributed by atoms with E-state index < -0.39 is 11.4 Å². The molecule has 0 aliphatic carbocycles. The van der Waals surface area contributed by atoms with E-state index in [1.165, 1.54) is 6.07 Å². The van der Waals surface area contributed by atoms with Crippen LogP contribution in [0.1, 0.15) is 31.5 Å². The summed E-state index contributed by atoms with van der Waals surface area (Å²) in [4.78, 5) is 19.6. The second-order valence-corrected chi connectivity index (χ2v) is 8.73. The molecule has 0 bridgehead atoms. The first kappa shape index (κ1) is 19.7. The van der Waals surface area contributed by atoms with Crippen LogP contribution in [0, 0.1) is 11.7 Å². The van der Waals surface area contributed by atoms with Crippen LogP contribution in [0.25, 0.3) is 10.9 Å². The summed E-state index contributed by atoms with van der Waals surface area (Å²) >= 11 is 1.80. The Hall–Kier alpha value is -1.64. The highest BCUT2D eigenvalue weighted by Crippen LogP contribution is 2.25. The molecule has 2 N–H and O–H groups in total. The van der Waals surface area contributed by atoms with Crippen LogP contribution in [0.4, 0.5) is 4.39 Å². The largest absolute Gasteiger partial charge is 0.493 e. The summed E-state index contributed by atoms with van der Waals surface area (Å²) in [7, 11) is 0. The van der Waals surface area contributed by atoms with Gasteiger partial charge in [-0.25, -0.2) is 9.37 Å². The summed E-state index contributed by atoms with van der Waals surface area (Å²) in [5.74, 6) is 1.45. The number of ether oxygens (including phenoxy) is 2. The van der Waals surface area contributed by atoms with E-state index in [1.807, 2.05) is 0 Å². The molecule has 3 heterocycles. The van der Waals surface area contributed by atoms with Crippen molar-refractivity contribution < 1.29 is 13.9 Å². The summed E-state index contributed by atoms with van der Waals surface area (Å²) < 4.78 is 25.7. The van der Waals surface area contributed by atoms with E-state index in [-0.39, 0.29) is 5.39 Å². The van der Waals surface area contributed by atoms with Gasteiger partial charge in [0.1, 0.15) is 22.8 Å². The highest BCUT2D eigenvalue weighted by Gasteiger charge is 2.17. The number of hydrogen-bond donors (Lipinski definition) is 2. The van der Waals surface area contributed by atoms with Gasteiger partial charge in [-0.3, -0.25) is 4.79 Å². The lowest BCUT2D eigenvalue weighted by Gasteiger charge is -2.22. The lowest BCUT2D eigenvalue weighted by atomic mass is 10.0. The number of thioether (sulfide) groups is 1. The van der Waals surface area contributed by atoms with Crippen LogP contribution in [0.15, 0.2) is 16.9 Å². The summed E-state index contributed by atoms with van der Waals surface area (Å²) in [6.45, 7) is 4.07. The van der Waals surface area contributed by atoms with Gasteiger partial charge in [0.15, 0.2) is 0 Å². The van der Waals surface area contributed by atoms with Crippen molar-refractivity contribution in [1.82, 2.24) is 15.3 Å². The number of nitrogens with one attached hydrogen (secondary N) is 2. The fraction of sp³-hybridized carbons (Fsp3) is 0.600. The average molecular weight is 408 g/mol. The molecule has 2 aliphatic rings. The topological polar surface area (TPSA) is 76.2 Å². The van der Waals surface area contributed by atoms with Crippen molar-refractivity contribution in [1.29, 1.82) is 0 Å². The monoisotopic (exact) mass is 407 g/mol. The van der Waals surface area contributed by atoms with Crippen molar-refractivity contribution in [3.8, 4) is 5.75 Å². The number of nitrogens with zero attached hydrogens (tertiary/aromatic N) is 1. The molecule has 1 aromatic carbocycles. The molecular weight excluding hydrogens is 381 g/mol. The van der Waals surface area contributed by atoms with Crippen molar-refractivity contribution >= 4 is 22.7 Å². The average Bonchev–Trinajstić information content (AvgIpc) is 2.72. The lowest BCUT2D eigenvalue weighted by Crippen LogP contribution is -2.29. The van der Waals surface area contributed by atoms with Gasteiger partial charge in [0.2, 0.25) is 0 Å². The Kier molecular flexibility index (Phi) is 6.49. The van der Waals surface area contributed by atoms with Gasteiger partial charge < -0.3 is 19.8 Å². The maximum atomic E-state index is 14.5. The maximum Gasteiger partial charge on any atom is 0.261 e. The minimum Gasteiger partial charge on any atom is -0.493 e. The highest BCUT2D eigenvalue weighted by molar-refractivity contribution is 7.99. The first-order chi connectivity index (χ1) is 13.7. The molecular formula is C20H26FN3O3S. The second-order valence-electron chi connectivity index (χ2n) is 7.44. The van der Waals surface area contributed by atoms with E-state index in [9.17, 15) is 9.18 Å². The SMILES string of the molecule is O=c1[nH]c(CSC2CCNCC2)nc2cc(OCC3CCOCC3)cc(F)c12. The van der Waals surface area contributed by atoms with Crippen molar-refractivity contribution in [3.05, 3.63) is 34.1 Å². The summed E-state index contributed by atoms with van der Waals surface area (Å²) in [6, 6.07) is 2.95. The van der Waals surface area contributed by atoms with Crippen LogP contribution in [-0.4, -0.2) is 48.1 Å². The first-order valence-electron chi connectivity index (χ1n) is 9.94. The predicted octanol–water partition coefficient (Wildman–Crippen LogP) is 2.85. The molecule has 0 atom stereocenters. The van der Waals surface area contributed by atoms with E-state index in [0.29, 0.717) is 40.6 Å². The molecule has 0 saturated carbocycles. The third-order valence-corrected chi connectivity index (χ3v) is 6.73. The second kappa shape index (κ2) is 9.24. The zero-order valence-electron chi connectivity index (χ0n) is 15.8. The quantitative estimate of drug-likeness (QED) is 0.767. The smallest absolute Gasteiger partial charge is 0.261 e. The van der Waals surface area contributed by atoms with Gasteiger partial charge >= 0.3 is 0 Å². The molecule has 152 valence electrons. The van der Waals surface area contributed by atoms with Gasteiger partial charge in [0, 0.05) is 30.6 Å². The molecule has 8 heteroatoms. The highest BCUT2D eigenvalue weighted by atomic mass is 32.2. The Morgan fingerprint density at radius 2 is 2.00 bits per heavy atom. The number of piperidine rings is 1.